The lowest BCUT2D eigenvalue weighted by molar-refractivity contribution is 0.103. The number of benzene rings is 3. The summed E-state index contributed by atoms with van der Waals surface area (Å²) >= 11 is 0. The van der Waals surface area contributed by atoms with Gasteiger partial charge in [0.1, 0.15) is 0 Å². The van der Waals surface area contributed by atoms with E-state index in [-0.39, 0.29) is 16.3 Å². The zero-order chi connectivity index (χ0) is 27.1. The van der Waals surface area contributed by atoms with Crippen molar-refractivity contribution in [2.45, 2.75) is 78.6 Å². The molecule has 0 radical (unpaired) electrons. The zero-order valence-electron chi connectivity index (χ0n) is 23.1. The van der Waals surface area contributed by atoms with Crippen molar-refractivity contribution in [2.24, 2.45) is 0 Å². The molecule has 3 aromatic rings. The minimum absolute atomic E-state index is 0.148. The van der Waals surface area contributed by atoms with Crippen molar-refractivity contribution in [3.8, 4) is 0 Å². The molecule has 0 spiro atoms. The summed E-state index contributed by atoms with van der Waals surface area (Å²) in [4.78, 5) is 28.6. The van der Waals surface area contributed by atoms with Crippen molar-refractivity contribution in [2.75, 3.05) is 0 Å². The van der Waals surface area contributed by atoms with Gasteiger partial charge in [0.05, 0.1) is 0 Å². The average molecular weight is 503 g/mol. The van der Waals surface area contributed by atoms with Crippen molar-refractivity contribution in [3.05, 3.63) is 101 Å². The van der Waals surface area contributed by atoms with Crippen LogP contribution in [0.2, 0.25) is 0 Å². The fourth-order valence-corrected chi connectivity index (χ4v) is 6.69. The smallest absolute Gasteiger partial charge is 0.248 e. The minimum atomic E-state index is -4.22. The average Bonchev–Trinajstić information content (AvgIpc) is 2.81. The van der Waals surface area contributed by atoms with Crippen LogP contribution in [0.5, 0.6) is 0 Å². The summed E-state index contributed by atoms with van der Waals surface area (Å²) in [6, 6.07) is 21.2. The van der Waals surface area contributed by atoms with E-state index in [0.29, 0.717) is 5.56 Å². The molecule has 0 heterocycles. The van der Waals surface area contributed by atoms with Crippen LogP contribution in [0.3, 0.4) is 0 Å². The largest absolute Gasteiger partial charge is 0.302 e. The first-order valence-electron chi connectivity index (χ1n) is 12.5. The van der Waals surface area contributed by atoms with Gasteiger partial charge in [0.15, 0.2) is 0 Å². The molecule has 3 rings (SSSR count). The highest BCUT2D eigenvalue weighted by Crippen LogP contribution is 2.53. The van der Waals surface area contributed by atoms with Crippen LogP contribution in [0, 0.1) is 0 Å². The highest BCUT2D eigenvalue weighted by atomic mass is 31.2. The summed E-state index contributed by atoms with van der Waals surface area (Å²) in [6.45, 7) is 18.8. The van der Waals surface area contributed by atoms with Gasteiger partial charge in [0.25, 0.3) is 0 Å². The topological polar surface area (TPSA) is 51.2 Å². The SMILES string of the molecule is CC(C)(C)c1cc(C(C)(C)C)c(C(=O)P(=O)(C(=O)c2ccccc2)c2ccccc2)c(C(C)(C)C)c1. The summed E-state index contributed by atoms with van der Waals surface area (Å²) in [6.07, 6.45) is 0. The van der Waals surface area contributed by atoms with Crippen LogP contribution in [0.25, 0.3) is 0 Å². The monoisotopic (exact) mass is 502 g/mol. The predicted molar refractivity (Wildman–Crippen MR) is 151 cm³/mol. The van der Waals surface area contributed by atoms with Crippen molar-refractivity contribution >= 4 is 23.5 Å². The number of hydrogen-bond acceptors (Lipinski definition) is 3. The Bertz CT molecular complexity index is 1280. The van der Waals surface area contributed by atoms with Gasteiger partial charge in [-0.15, -0.1) is 0 Å². The molecule has 0 aliphatic heterocycles. The number of rotatable bonds is 5. The third-order valence-corrected chi connectivity index (χ3v) is 9.20. The molecule has 1 unspecified atom stereocenters. The third-order valence-electron chi connectivity index (χ3n) is 6.55. The molecule has 0 bridgehead atoms. The maximum absolute atomic E-state index is 15.0. The second-order valence-corrected chi connectivity index (χ2v) is 15.2. The molecule has 0 aliphatic rings. The van der Waals surface area contributed by atoms with Crippen molar-refractivity contribution < 1.29 is 14.2 Å². The fraction of sp³-hybridized carbons (Fsp3) is 0.375. The number of carbonyl (C=O) groups excluding carboxylic acids is 2. The van der Waals surface area contributed by atoms with Crippen LogP contribution >= 0.6 is 7.14 Å². The number of carbonyl (C=O) groups is 2. The van der Waals surface area contributed by atoms with Gasteiger partial charge in [0.2, 0.25) is 18.2 Å². The molecule has 36 heavy (non-hydrogen) atoms. The molecule has 0 saturated heterocycles. The van der Waals surface area contributed by atoms with Gasteiger partial charge in [-0.3, -0.25) is 9.59 Å². The van der Waals surface area contributed by atoms with Gasteiger partial charge in [-0.05, 0) is 32.9 Å². The molecule has 3 aromatic carbocycles. The van der Waals surface area contributed by atoms with Crippen LogP contribution in [0.15, 0.2) is 72.8 Å². The Kier molecular flexibility index (Phi) is 7.41. The maximum atomic E-state index is 15.0. The molecule has 0 fully saturated rings. The molecule has 0 saturated carbocycles. The normalized spacial score (nSPS) is 14.2. The van der Waals surface area contributed by atoms with E-state index in [1.165, 1.54) is 0 Å². The fourth-order valence-electron chi connectivity index (χ4n) is 4.37. The first kappa shape index (κ1) is 27.8. The summed E-state index contributed by atoms with van der Waals surface area (Å²) in [5.74, 6) is 0. The molecule has 0 aliphatic carbocycles. The highest BCUT2D eigenvalue weighted by molar-refractivity contribution is 8.01. The molecule has 0 N–H and O–H groups in total. The Balaban J connectivity index is 2.46. The second-order valence-electron chi connectivity index (χ2n) is 12.6. The van der Waals surface area contributed by atoms with Gasteiger partial charge in [-0.2, -0.15) is 0 Å². The lowest BCUT2D eigenvalue weighted by Crippen LogP contribution is -2.29. The maximum Gasteiger partial charge on any atom is 0.248 e. The Hall–Kier alpha value is -2.77. The first-order chi connectivity index (χ1) is 16.5. The molecule has 0 aromatic heterocycles. The van der Waals surface area contributed by atoms with E-state index in [1.807, 2.05) is 0 Å². The second kappa shape index (κ2) is 9.60. The summed E-state index contributed by atoms with van der Waals surface area (Å²) in [5, 5.41) is 0.267. The van der Waals surface area contributed by atoms with Gasteiger partial charge >= 0.3 is 0 Å². The van der Waals surface area contributed by atoms with Crippen LogP contribution in [-0.4, -0.2) is 11.0 Å². The zero-order valence-corrected chi connectivity index (χ0v) is 24.0. The van der Waals surface area contributed by atoms with Gasteiger partial charge in [-0.25, -0.2) is 0 Å². The first-order valence-corrected chi connectivity index (χ1v) is 14.2. The minimum Gasteiger partial charge on any atom is -0.302 e. The Labute approximate surface area is 216 Å². The molecular formula is C32H39O3P. The van der Waals surface area contributed by atoms with E-state index < -0.39 is 29.0 Å². The van der Waals surface area contributed by atoms with Crippen LogP contribution in [0.4, 0.5) is 0 Å². The van der Waals surface area contributed by atoms with Gasteiger partial charge in [-0.1, -0.05) is 135 Å². The molecule has 0 amide bonds. The van der Waals surface area contributed by atoms with E-state index >= 15 is 0 Å². The Morgan fingerprint density at radius 2 is 1.00 bits per heavy atom. The van der Waals surface area contributed by atoms with Crippen LogP contribution in [0.1, 0.15) is 99.7 Å². The lowest BCUT2D eigenvalue weighted by Gasteiger charge is -2.34. The van der Waals surface area contributed by atoms with E-state index in [9.17, 15) is 14.2 Å². The molecule has 4 heteroatoms. The predicted octanol–water partition coefficient (Wildman–Crippen LogP) is 8.25. The van der Waals surface area contributed by atoms with E-state index in [0.717, 1.165) is 16.7 Å². The lowest BCUT2D eigenvalue weighted by atomic mass is 9.72. The van der Waals surface area contributed by atoms with E-state index in [2.05, 4.69) is 74.4 Å². The van der Waals surface area contributed by atoms with Gasteiger partial charge < -0.3 is 4.57 Å². The Morgan fingerprint density at radius 1 is 0.583 bits per heavy atom. The molecular weight excluding hydrogens is 463 g/mol. The van der Waals surface area contributed by atoms with Crippen molar-refractivity contribution in [1.82, 2.24) is 0 Å². The van der Waals surface area contributed by atoms with Crippen molar-refractivity contribution in [3.63, 3.8) is 0 Å². The van der Waals surface area contributed by atoms with Gasteiger partial charge in [0, 0.05) is 16.4 Å². The summed E-state index contributed by atoms with van der Waals surface area (Å²) in [5.41, 5.74) is 1.26. The van der Waals surface area contributed by atoms with Crippen LogP contribution in [-0.2, 0) is 20.8 Å². The van der Waals surface area contributed by atoms with Crippen LogP contribution < -0.4 is 5.30 Å². The van der Waals surface area contributed by atoms with E-state index in [1.54, 1.807) is 60.7 Å². The summed E-state index contributed by atoms with van der Waals surface area (Å²) in [7, 11) is -4.22. The highest BCUT2D eigenvalue weighted by Gasteiger charge is 2.46. The Morgan fingerprint density at radius 3 is 1.39 bits per heavy atom. The van der Waals surface area contributed by atoms with Crippen molar-refractivity contribution in [1.29, 1.82) is 0 Å². The molecule has 190 valence electrons. The quantitative estimate of drug-likeness (QED) is 0.330. The number of hydrogen-bond donors (Lipinski definition) is 0. The molecule has 3 nitrogen and oxygen atoms in total. The molecule has 1 atom stereocenters. The third kappa shape index (κ3) is 5.32. The summed E-state index contributed by atoms with van der Waals surface area (Å²) < 4.78 is 15.0. The standard InChI is InChI=1S/C32H39O3P/c1-30(2,3)23-20-25(31(4,5)6)27(26(21-23)32(7,8)9)29(34)36(35,24-18-14-11-15-19-24)28(33)22-16-12-10-13-17-22/h10-21H,1-9H3. The van der Waals surface area contributed by atoms with E-state index in [4.69, 9.17) is 0 Å².